The molecule has 1 N–H and O–H groups in total. The number of rotatable bonds is 8. The standard InChI is InChI=1S/C29H43ClN4.C2HF3O2/c1-22(2)17-27-21-34(26-12-15-32(16-13-26)29-7-5-6-14-31-29)28(20-33(27)19-23(3)4)18-24-8-10-25(30)11-9-24;3-2(4,5)1(6)7/h5-11,14,22-23,26-28H,12-13,15-21H2,1-4H3;(H,6,7)/t27-,28-;/m0./s1. The third-order valence-electron chi connectivity index (χ3n) is 7.73. The van der Waals surface area contributed by atoms with Crippen LogP contribution in [0.1, 0.15) is 52.5 Å². The van der Waals surface area contributed by atoms with Gasteiger partial charge in [-0.2, -0.15) is 13.2 Å². The summed E-state index contributed by atoms with van der Waals surface area (Å²) < 4.78 is 31.7. The van der Waals surface area contributed by atoms with Crippen LogP contribution in [0.4, 0.5) is 19.0 Å². The average Bonchev–Trinajstić information content (AvgIpc) is 2.91. The topological polar surface area (TPSA) is 59.9 Å². The molecule has 6 nitrogen and oxygen atoms in total. The lowest BCUT2D eigenvalue weighted by atomic mass is 9.90. The maximum Gasteiger partial charge on any atom is 0.490 e. The van der Waals surface area contributed by atoms with Crippen LogP contribution in [-0.4, -0.2) is 82.9 Å². The molecule has 2 aromatic rings. The molecule has 2 fully saturated rings. The highest BCUT2D eigenvalue weighted by atomic mass is 35.5. The zero-order valence-corrected chi connectivity index (χ0v) is 25.3. The summed E-state index contributed by atoms with van der Waals surface area (Å²) in [5.74, 6) is -0.218. The Morgan fingerprint density at radius 1 is 1.00 bits per heavy atom. The normalized spacial score (nSPS) is 21.2. The number of anilines is 1. The predicted octanol–water partition coefficient (Wildman–Crippen LogP) is 6.64. The number of pyridine rings is 1. The second kappa shape index (κ2) is 15.2. The molecule has 2 atom stereocenters. The average molecular weight is 597 g/mol. The smallest absolute Gasteiger partial charge is 0.475 e. The van der Waals surface area contributed by atoms with E-state index in [-0.39, 0.29) is 0 Å². The van der Waals surface area contributed by atoms with Crippen molar-refractivity contribution < 1.29 is 23.1 Å². The van der Waals surface area contributed by atoms with Crippen molar-refractivity contribution in [1.29, 1.82) is 0 Å². The molecule has 0 bridgehead atoms. The maximum atomic E-state index is 10.6. The summed E-state index contributed by atoms with van der Waals surface area (Å²) in [4.78, 5) is 21.7. The number of piperazine rings is 1. The molecule has 4 rings (SSSR count). The van der Waals surface area contributed by atoms with Crippen LogP contribution in [0, 0.1) is 11.8 Å². The number of halogens is 4. The van der Waals surface area contributed by atoms with E-state index in [1.54, 1.807) is 0 Å². The summed E-state index contributed by atoms with van der Waals surface area (Å²) >= 11 is 6.19. The Labute approximate surface area is 247 Å². The van der Waals surface area contributed by atoms with E-state index in [0.29, 0.717) is 24.0 Å². The van der Waals surface area contributed by atoms with Crippen LogP contribution in [0.15, 0.2) is 48.7 Å². The van der Waals surface area contributed by atoms with Crippen molar-refractivity contribution in [3.63, 3.8) is 0 Å². The van der Waals surface area contributed by atoms with Crippen LogP contribution in [0.3, 0.4) is 0 Å². The van der Waals surface area contributed by atoms with Gasteiger partial charge in [0.15, 0.2) is 0 Å². The third kappa shape index (κ3) is 10.5. The molecule has 0 aliphatic carbocycles. The van der Waals surface area contributed by atoms with Crippen molar-refractivity contribution in [3.8, 4) is 0 Å². The van der Waals surface area contributed by atoms with Crippen LogP contribution in [0.2, 0.25) is 5.02 Å². The first-order valence-electron chi connectivity index (χ1n) is 14.5. The molecule has 2 saturated heterocycles. The minimum Gasteiger partial charge on any atom is -0.475 e. The molecule has 41 heavy (non-hydrogen) atoms. The van der Waals surface area contributed by atoms with Gasteiger partial charge in [-0.05, 0) is 67.3 Å². The summed E-state index contributed by atoms with van der Waals surface area (Å²) in [6, 6.07) is 16.6. The zero-order chi connectivity index (χ0) is 30.2. The molecule has 0 radical (unpaired) electrons. The van der Waals surface area contributed by atoms with Gasteiger partial charge in [0.05, 0.1) is 0 Å². The van der Waals surface area contributed by atoms with E-state index < -0.39 is 12.1 Å². The summed E-state index contributed by atoms with van der Waals surface area (Å²) in [7, 11) is 0. The molecule has 1 aromatic carbocycles. The van der Waals surface area contributed by atoms with Crippen molar-refractivity contribution in [1.82, 2.24) is 14.8 Å². The van der Waals surface area contributed by atoms with Crippen molar-refractivity contribution in [3.05, 3.63) is 59.2 Å². The highest BCUT2D eigenvalue weighted by Gasteiger charge is 2.39. The summed E-state index contributed by atoms with van der Waals surface area (Å²) in [5.41, 5.74) is 1.40. The molecule has 2 aliphatic rings. The van der Waals surface area contributed by atoms with Crippen LogP contribution >= 0.6 is 11.6 Å². The Hall–Kier alpha value is -2.36. The number of hydrogen-bond donors (Lipinski definition) is 1. The number of piperidine rings is 1. The van der Waals surface area contributed by atoms with Gasteiger partial charge in [-0.15, -0.1) is 0 Å². The largest absolute Gasteiger partial charge is 0.490 e. The van der Waals surface area contributed by atoms with Crippen LogP contribution in [0.5, 0.6) is 0 Å². The Morgan fingerprint density at radius 2 is 1.63 bits per heavy atom. The van der Waals surface area contributed by atoms with Crippen molar-refractivity contribution in [2.75, 3.05) is 37.6 Å². The van der Waals surface area contributed by atoms with Crippen molar-refractivity contribution in [2.45, 2.75) is 77.7 Å². The molecule has 0 unspecified atom stereocenters. The SMILES string of the molecule is CC(C)C[C@H]1CN(C2CCN(c3ccccn3)CC2)[C@@H](Cc2ccc(Cl)cc2)CN1CC(C)C.O=C(O)C(F)(F)F. The molecule has 0 amide bonds. The number of carboxylic acid groups (broad SMARTS) is 1. The van der Waals surface area contributed by atoms with Crippen molar-refractivity contribution in [2.24, 2.45) is 11.8 Å². The first kappa shape index (κ1) is 33.1. The summed E-state index contributed by atoms with van der Waals surface area (Å²) in [6.45, 7) is 15.2. The Bertz CT molecular complexity index is 1060. The summed E-state index contributed by atoms with van der Waals surface area (Å²) in [5, 5.41) is 7.95. The third-order valence-corrected chi connectivity index (χ3v) is 7.98. The number of alkyl halides is 3. The van der Waals surface area contributed by atoms with Crippen molar-refractivity contribution >= 4 is 23.4 Å². The number of aliphatic carboxylic acids is 1. The van der Waals surface area contributed by atoms with Crippen LogP contribution in [0.25, 0.3) is 0 Å². The number of carboxylic acids is 1. The number of aromatic nitrogens is 1. The molecule has 1 aromatic heterocycles. The van der Waals surface area contributed by atoms with E-state index >= 15 is 0 Å². The fourth-order valence-electron chi connectivity index (χ4n) is 5.98. The van der Waals surface area contributed by atoms with Gasteiger partial charge in [0.25, 0.3) is 0 Å². The number of hydrogen-bond acceptors (Lipinski definition) is 5. The van der Waals surface area contributed by atoms with Gasteiger partial charge in [-0.25, -0.2) is 9.78 Å². The Balaban J connectivity index is 0.000000587. The lowest BCUT2D eigenvalue weighted by Gasteiger charge is -2.52. The predicted molar refractivity (Wildman–Crippen MR) is 158 cm³/mol. The van der Waals surface area contributed by atoms with E-state index in [4.69, 9.17) is 21.5 Å². The first-order chi connectivity index (χ1) is 19.3. The van der Waals surface area contributed by atoms with Crippen LogP contribution < -0.4 is 4.90 Å². The van der Waals surface area contributed by atoms with E-state index in [1.165, 1.54) is 44.5 Å². The van der Waals surface area contributed by atoms with E-state index in [2.05, 4.69) is 71.6 Å². The molecule has 3 heterocycles. The van der Waals surface area contributed by atoms with Gasteiger partial charge < -0.3 is 10.0 Å². The monoisotopic (exact) mass is 596 g/mol. The molecular formula is C31H44ClF3N4O2. The minimum atomic E-state index is -5.08. The van der Waals surface area contributed by atoms with Crippen LogP contribution in [-0.2, 0) is 11.2 Å². The molecule has 10 heteroatoms. The molecule has 2 aliphatic heterocycles. The first-order valence-corrected chi connectivity index (χ1v) is 14.9. The van der Waals surface area contributed by atoms with Gasteiger partial charge in [0.2, 0.25) is 0 Å². The number of nitrogens with zero attached hydrogens (tertiary/aromatic N) is 4. The Kier molecular flexibility index (Phi) is 12.3. The second-order valence-electron chi connectivity index (χ2n) is 12.0. The summed E-state index contributed by atoms with van der Waals surface area (Å²) in [6.07, 6.45) is 1.64. The number of benzene rings is 1. The van der Waals surface area contributed by atoms with E-state index in [0.717, 1.165) is 36.3 Å². The van der Waals surface area contributed by atoms with Gasteiger partial charge >= 0.3 is 12.1 Å². The van der Waals surface area contributed by atoms with Gasteiger partial charge in [-0.1, -0.05) is 57.5 Å². The molecule has 0 spiro atoms. The van der Waals surface area contributed by atoms with Gasteiger partial charge in [0.1, 0.15) is 5.82 Å². The van der Waals surface area contributed by atoms with Gasteiger partial charge in [0, 0.05) is 62.1 Å². The van der Waals surface area contributed by atoms with E-state index in [1.807, 2.05) is 24.4 Å². The molecule has 228 valence electrons. The van der Waals surface area contributed by atoms with E-state index in [9.17, 15) is 13.2 Å². The molecular weight excluding hydrogens is 553 g/mol. The lowest BCUT2D eigenvalue weighted by Crippen LogP contribution is -2.63. The highest BCUT2D eigenvalue weighted by Crippen LogP contribution is 2.30. The lowest BCUT2D eigenvalue weighted by molar-refractivity contribution is -0.192. The Morgan fingerprint density at radius 3 is 2.15 bits per heavy atom. The maximum absolute atomic E-state index is 10.6. The fourth-order valence-corrected chi connectivity index (χ4v) is 6.11. The quantitative estimate of drug-likeness (QED) is 0.369. The number of carbonyl (C=O) groups is 1. The molecule has 0 saturated carbocycles. The fraction of sp³-hybridized carbons (Fsp3) is 0.613. The second-order valence-corrected chi connectivity index (χ2v) is 12.5. The minimum absolute atomic E-state index is 0.551. The zero-order valence-electron chi connectivity index (χ0n) is 24.5. The van der Waals surface area contributed by atoms with Gasteiger partial charge in [-0.3, -0.25) is 9.80 Å². The highest BCUT2D eigenvalue weighted by molar-refractivity contribution is 6.30.